The van der Waals surface area contributed by atoms with Crippen LogP contribution in [0.5, 0.6) is 0 Å². The van der Waals surface area contributed by atoms with Crippen LogP contribution in [0.2, 0.25) is 0 Å². The Morgan fingerprint density at radius 3 is 2.27 bits per heavy atom. The fourth-order valence-electron chi connectivity index (χ4n) is 5.52. The predicted molar refractivity (Wildman–Crippen MR) is 138 cm³/mol. The number of benzene rings is 4. The average molecular weight is 426 g/mol. The molecule has 0 unspecified atom stereocenters. The Balaban J connectivity index is 1.66. The molecular formula is C30H23N3. The maximum Gasteiger partial charge on any atom is 0.149 e. The van der Waals surface area contributed by atoms with Gasteiger partial charge in [-0.1, -0.05) is 81.4 Å². The first-order chi connectivity index (χ1) is 16.0. The van der Waals surface area contributed by atoms with E-state index in [2.05, 4.69) is 104 Å². The van der Waals surface area contributed by atoms with Crippen LogP contribution >= 0.6 is 0 Å². The van der Waals surface area contributed by atoms with E-state index < -0.39 is 0 Å². The lowest BCUT2D eigenvalue weighted by Crippen LogP contribution is -2.12. The van der Waals surface area contributed by atoms with Gasteiger partial charge < -0.3 is 0 Å². The first kappa shape index (κ1) is 18.6. The molecule has 3 heterocycles. The number of para-hydroxylation sites is 2. The van der Waals surface area contributed by atoms with Gasteiger partial charge in [0.25, 0.3) is 0 Å². The molecule has 0 aliphatic heterocycles. The fraction of sp³-hybridized carbons (Fsp3) is 0.133. The molecule has 0 atom stereocenters. The van der Waals surface area contributed by atoms with Crippen LogP contribution in [0.1, 0.15) is 26.3 Å². The number of hydrogen-bond donors (Lipinski definition) is 0. The van der Waals surface area contributed by atoms with Crippen molar-refractivity contribution in [3.05, 3.63) is 90.8 Å². The Morgan fingerprint density at radius 2 is 1.42 bits per heavy atom. The predicted octanol–water partition coefficient (Wildman–Crippen LogP) is 7.74. The van der Waals surface area contributed by atoms with E-state index in [9.17, 15) is 0 Å². The molecule has 3 nitrogen and oxygen atoms in total. The van der Waals surface area contributed by atoms with Gasteiger partial charge in [-0.15, -0.1) is 0 Å². The Hall–Kier alpha value is -3.98. The molecule has 0 aliphatic rings. The highest BCUT2D eigenvalue weighted by Gasteiger charge is 2.23. The van der Waals surface area contributed by atoms with Crippen LogP contribution < -0.4 is 0 Å². The van der Waals surface area contributed by atoms with Gasteiger partial charge in [-0.05, 0) is 39.9 Å². The number of aromatic nitrogens is 3. The van der Waals surface area contributed by atoms with Crippen molar-refractivity contribution in [2.24, 2.45) is 0 Å². The van der Waals surface area contributed by atoms with Crippen molar-refractivity contribution in [1.82, 2.24) is 14.4 Å². The Morgan fingerprint density at radius 1 is 0.697 bits per heavy atom. The molecule has 7 aromatic rings. The van der Waals surface area contributed by atoms with Crippen LogP contribution in [-0.4, -0.2) is 14.4 Å². The molecular weight excluding hydrogens is 402 g/mol. The van der Waals surface area contributed by atoms with Crippen molar-refractivity contribution in [2.75, 3.05) is 0 Å². The fourth-order valence-corrected chi connectivity index (χ4v) is 5.52. The third kappa shape index (κ3) is 2.45. The van der Waals surface area contributed by atoms with Gasteiger partial charge in [0, 0.05) is 21.7 Å². The second-order valence-electron chi connectivity index (χ2n) is 9.97. The Bertz CT molecular complexity index is 1850. The lowest BCUT2D eigenvalue weighted by atomic mass is 9.82. The zero-order valence-electron chi connectivity index (χ0n) is 18.9. The van der Waals surface area contributed by atoms with E-state index in [4.69, 9.17) is 9.97 Å². The van der Waals surface area contributed by atoms with E-state index in [-0.39, 0.29) is 5.41 Å². The van der Waals surface area contributed by atoms with Gasteiger partial charge in [0.05, 0.1) is 22.1 Å². The molecule has 0 fully saturated rings. The van der Waals surface area contributed by atoms with Gasteiger partial charge in [0.2, 0.25) is 0 Å². The second kappa shape index (κ2) is 6.29. The summed E-state index contributed by atoms with van der Waals surface area (Å²) in [7, 11) is 0. The normalized spacial score (nSPS) is 12.7. The lowest BCUT2D eigenvalue weighted by Gasteiger charge is -2.22. The van der Waals surface area contributed by atoms with E-state index in [1.54, 1.807) is 6.33 Å². The van der Waals surface area contributed by atoms with Crippen molar-refractivity contribution >= 4 is 49.0 Å². The minimum Gasteiger partial charge on any atom is -0.293 e. The van der Waals surface area contributed by atoms with Crippen LogP contribution in [-0.2, 0) is 5.41 Å². The zero-order chi connectivity index (χ0) is 22.3. The topological polar surface area (TPSA) is 30.2 Å². The molecule has 0 radical (unpaired) electrons. The highest BCUT2D eigenvalue weighted by Crippen LogP contribution is 2.42. The molecule has 0 saturated heterocycles. The summed E-state index contributed by atoms with van der Waals surface area (Å²) in [6, 6.07) is 28.4. The highest BCUT2D eigenvalue weighted by atomic mass is 15.0. The van der Waals surface area contributed by atoms with Crippen molar-refractivity contribution in [3.63, 3.8) is 0 Å². The number of fused-ring (bicyclic) bond motifs is 7. The van der Waals surface area contributed by atoms with E-state index in [0.717, 1.165) is 22.3 Å². The molecule has 0 N–H and O–H groups in total. The van der Waals surface area contributed by atoms with Crippen LogP contribution in [0.4, 0.5) is 0 Å². The largest absolute Gasteiger partial charge is 0.293 e. The van der Waals surface area contributed by atoms with Crippen LogP contribution in [0.3, 0.4) is 0 Å². The summed E-state index contributed by atoms with van der Waals surface area (Å²) in [6.07, 6.45) is 1.71. The summed E-state index contributed by atoms with van der Waals surface area (Å²) >= 11 is 0. The molecule has 3 aromatic heterocycles. The third-order valence-corrected chi connectivity index (χ3v) is 6.95. The van der Waals surface area contributed by atoms with Gasteiger partial charge in [-0.25, -0.2) is 9.97 Å². The van der Waals surface area contributed by atoms with E-state index in [1.807, 2.05) is 0 Å². The Labute approximate surface area is 191 Å². The molecule has 0 aliphatic carbocycles. The van der Waals surface area contributed by atoms with Crippen molar-refractivity contribution < 1.29 is 0 Å². The molecule has 158 valence electrons. The van der Waals surface area contributed by atoms with Gasteiger partial charge in [0.15, 0.2) is 0 Å². The third-order valence-electron chi connectivity index (χ3n) is 6.95. The summed E-state index contributed by atoms with van der Waals surface area (Å²) in [4.78, 5) is 9.65. The van der Waals surface area contributed by atoms with Gasteiger partial charge in [-0.2, -0.15) is 0 Å². The highest BCUT2D eigenvalue weighted by molar-refractivity contribution is 6.24. The summed E-state index contributed by atoms with van der Waals surface area (Å²) in [5.74, 6) is 0. The number of rotatable bonds is 1. The van der Waals surface area contributed by atoms with Crippen LogP contribution in [0, 0.1) is 0 Å². The standard InChI is InChI=1S/C30H23N3/c1-30(2,3)24-16-19(15-18-9-4-5-10-20(18)24)27-26-23-13-8-12-22-21-11-6-7-14-25(21)33(28(22)23)29(26)32-17-31-27/h4-17H,1-3H3. The number of hydrogen-bond acceptors (Lipinski definition) is 2. The minimum absolute atomic E-state index is 0.0211. The van der Waals surface area contributed by atoms with Crippen LogP contribution in [0.25, 0.3) is 60.3 Å². The molecule has 0 saturated carbocycles. The molecule has 4 aromatic carbocycles. The van der Waals surface area contributed by atoms with E-state index in [0.29, 0.717) is 0 Å². The smallest absolute Gasteiger partial charge is 0.149 e. The molecule has 0 spiro atoms. The summed E-state index contributed by atoms with van der Waals surface area (Å²) in [5, 5.41) is 7.41. The molecule has 0 bridgehead atoms. The van der Waals surface area contributed by atoms with Gasteiger partial charge in [0.1, 0.15) is 12.0 Å². The summed E-state index contributed by atoms with van der Waals surface area (Å²) < 4.78 is 2.31. The summed E-state index contributed by atoms with van der Waals surface area (Å²) in [5.41, 5.74) is 6.89. The molecule has 33 heavy (non-hydrogen) atoms. The van der Waals surface area contributed by atoms with E-state index >= 15 is 0 Å². The van der Waals surface area contributed by atoms with E-state index in [1.165, 1.54) is 43.5 Å². The first-order valence-corrected chi connectivity index (χ1v) is 11.4. The van der Waals surface area contributed by atoms with Gasteiger partial charge >= 0.3 is 0 Å². The van der Waals surface area contributed by atoms with Crippen molar-refractivity contribution in [3.8, 4) is 11.3 Å². The average Bonchev–Trinajstić information content (AvgIpc) is 3.35. The molecule has 0 amide bonds. The maximum atomic E-state index is 4.86. The van der Waals surface area contributed by atoms with Gasteiger partial charge in [-0.3, -0.25) is 4.40 Å². The zero-order valence-corrected chi connectivity index (χ0v) is 18.9. The first-order valence-electron chi connectivity index (χ1n) is 11.4. The van der Waals surface area contributed by atoms with Crippen molar-refractivity contribution in [1.29, 1.82) is 0 Å². The summed E-state index contributed by atoms with van der Waals surface area (Å²) in [6.45, 7) is 6.84. The number of nitrogens with zero attached hydrogens (tertiary/aromatic N) is 3. The van der Waals surface area contributed by atoms with Crippen LogP contribution in [0.15, 0.2) is 85.2 Å². The van der Waals surface area contributed by atoms with Crippen molar-refractivity contribution in [2.45, 2.75) is 26.2 Å². The molecule has 7 rings (SSSR count). The SMILES string of the molecule is CC(C)(C)c1cc(-c2ncnc3c2c2cccc4c5ccccc5n3c42)cc2ccccc12. The second-order valence-corrected chi connectivity index (χ2v) is 9.97. The quantitative estimate of drug-likeness (QED) is 0.269. The lowest BCUT2D eigenvalue weighted by molar-refractivity contribution is 0.596. The minimum atomic E-state index is 0.0211. The Kier molecular flexibility index (Phi) is 3.54. The monoisotopic (exact) mass is 425 g/mol. The molecule has 3 heteroatoms. The maximum absolute atomic E-state index is 4.86.